The van der Waals surface area contributed by atoms with Gasteiger partial charge in [-0.3, -0.25) is 4.57 Å². The van der Waals surface area contributed by atoms with Crippen molar-refractivity contribution in [2.45, 2.75) is 46.2 Å². The summed E-state index contributed by atoms with van der Waals surface area (Å²) in [7, 11) is -2.34. The monoisotopic (exact) mass is 178 g/mol. The zero-order chi connectivity index (χ0) is 9.07. The van der Waals surface area contributed by atoms with Crippen LogP contribution in [0, 0.1) is 5.41 Å². The van der Waals surface area contributed by atoms with E-state index >= 15 is 0 Å². The van der Waals surface area contributed by atoms with Gasteiger partial charge in [-0.05, 0) is 11.8 Å². The quantitative estimate of drug-likeness (QED) is 0.674. The summed E-state index contributed by atoms with van der Waals surface area (Å²) in [6, 6.07) is 0. The molecule has 2 atom stereocenters. The second-order valence-corrected chi connectivity index (χ2v) is 5.42. The Balaban J connectivity index is 4.22. The average Bonchev–Trinajstić information content (AvgIpc) is 1.79. The lowest BCUT2D eigenvalue weighted by Crippen LogP contribution is -2.22. The molecule has 0 aromatic carbocycles. The second-order valence-electron chi connectivity index (χ2n) is 4.05. The molecule has 1 N–H and O–H groups in total. The topological polar surface area (TPSA) is 37.3 Å². The molecule has 2 nitrogen and oxygen atoms in total. The minimum absolute atomic E-state index is 0.0162. The Morgan fingerprint density at radius 1 is 1.45 bits per heavy atom. The van der Waals surface area contributed by atoms with Gasteiger partial charge in [0.05, 0.1) is 0 Å². The molecule has 11 heavy (non-hydrogen) atoms. The van der Waals surface area contributed by atoms with Crippen molar-refractivity contribution in [2.24, 2.45) is 5.41 Å². The largest absolute Gasteiger partial charge is 0.346 e. The molecule has 0 fully saturated rings. The highest BCUT2D eigenvalue weighted by Gasteiger charge is 2.27. The van der Waals surface area contributed by atoms with Crippen LogP contribution in [0.25, 0.3) is 0 Å². The van der Waals surface area contributed by atoms with Gasteiger partial charge in [-0.2, -0.15) is 0 Å². The van der Waals surface area contributed by atoms with Gasteiger partial charge in [0, 0.05) is 5.66 Å². The molecule has 0 aliphatic rings. The molecule has 0 amide bonds. The fourth-order valence-corrected chi connectivity index (χ4v) is 2.49. The minimum Gasteiger partial charge on any atom is -0.346 e. The number of rotatable bonds is 3. The van der Waals surface area contributed by atoms with E-state index in [0.717, 1.165) is 12.8 Å². The van der Waals surface area contributed by atoms with Gasteiger partial charge < -0.3 is 4.89 Å². The predicted molar refractivity (Wildman–Crippen MR) is 49.4 cm³/mol. The van der Waals surface area contributed by atoms with E-state index in [2.05, 4.69) is 0 Å². The van der Waals surface area contributed by atoms with E-state index in [1.54, 1.807) is 0 Å². The van der Waals surface area contributed by atoms with Crippen LogP contribution in [0.5, 0.6) is 0 Å². The standard InChI is InChI=1S/C8H19O2P/c1-5-6-7(11(9)10)8(2,3)4/h7,11H,5-6H2,1-4H3,(H,9,10). The molecule has 0 saturated heterocycles. The van der Waals surface area contributed by atoms with E-state index in [-0.39, 0.29) is 11.1 Å². The van der Waals surface area contributed by atoms with Gasteiger partial charge in [-0.1, -0.05) is 34.1 Å². The molecule has 0 spiro atoms. The highest BCUT2D eigenvalue weighted by Crippen LogP contribution is 2.39. The van der Waals surface area contributed by atoms with Crippen LogP contribution in [0.3, 0.4) is 0 Å². The van der Waals surface area contributed by atoms with Crippen LogP contribution in [0.1, 0.15) is 40.5 Å². The molecule has 0 rings (SSSR count). The normalized spacial score (nSPS) is 17.9. The van der Waals surface area contributed by atoms with E-state index < -0.39 is 8.03 Å². The van der Waals surface area contributed by atoms with Crippen LogP contribution >= 0.6 is 8.03 Å². The Labute approximate surface area is 69.9 Å². The summed E-state index contributed by atoms with van der Waals surface area (Å²) in [5.74, 6) is 0. The Kier molecular flexibility index (Phi) is 4.35. The summed E-state index contributed by atoms with van der Waals surface area (Å²) < 4.78 is 10.9. The van der Waals surface area contributed by atoms with Crippen molar-refractivity contribution in [3.05, 3.63) is 0 Å². The molecule has 2 unspecified atom stereocenters. The zero-order valence-electron chi connectivity index (χ0n) is 7.85. The van der Waals surface area contributed by atoms with Crippen molar-refractivity contribution < 1.29 is 9.46 Å². The van der Waals surface area contributed by atoms with Gasteiger partial charge in [0.25, 0.3) is 0 Å². The van der Waals surface area contributed by atoms with Crippen LogP contribution in [0.2, 0.25) is 0 Å². The van der Waals surface area contributed by atoms with Gasteiger partial charge in [0.2, 0.25) is 0 Å². The third kappa shape index (κ3) is 3.93. The number of hydrogen-bond acceptors (Lipinski definition) is 1. The Morgan fingerprint density at radius 2 is 1.91 bits per heavy atom. The summed E-state index contributed by atoms with van der Waals surface area (Å²) >= 11 is 0. The Bertz CT molecular complexity index is 138. The molecule has 0 radical (unpaired) electrons. The summed E-state index contributed by atoms with van der Waals surface area (Å²) in [5.41, 5.74) is -0.0432. The first-order valence-corrected chi connectivity index (χ1v) is 5.55. The highest BCUT2D eigenvalue weighted by atomic mass is 31.1. The summed E-state index contributed by atoms with van der Waals surface area (Å²) in [5, 5.41) is 0. The first kappa shape index (κ1) is 11.2. The van der Waals surface area contributed by atoms with Crippen molar-refractivity contribution in [1.29, 1.82) is 0 Å². The van der Waals surface area contributed by atoms with Crippen LogP contribution in [-0.2, 0) is 4.57 Å². The third-order valence-corrected chi connectivity index (χ3v) is 3.67. The van der Waals surface area contributed by atoms with E-state index in [1.165, 1.54) is 0 Å². The van der Waals surface area contributed by atoms with Gasteiger partial charge in [-0.25, -0.2) is 0 Å². The van der Waals surface area contributed by atoms with Gasteiger partial charge >= 0.3 is 0 Å². The predicted octanol–water partition coefficient (Wildman–Crippen LogP) is 2.67. The maximum absolute atomic E-state index is 10.9. The van der Waals surface area contributed by atoms with E-state index in [4.69, 9.17) is 4.89 Å². The van der Waals surface area contributed by atoms with Crippen LogP contribution in [0.4, 0.5) is 0 Å². The molecular formula is C8H19O2P. The van der Waals surface area contributed by atoms with Crippen LogP contribution < -0.4 is 0 Å². The van der Waals surface area contributed by atoms with Crippen molar-refractivity contribution in [3.8, 4) is 0 Å². The molecule has 0 aliphatic heterocycles. The fourth-order valence-electron chi connectivity index (χ4n) is 1.22. The van der Waals surface area contributed by atoms with Gasteiger partial charge in [-0.15, -0.1) is 0 Å². The summed E-state index contributed by atoms with van der Waals surface area (Å²) in [4.78, 5) is 9.03. The van der Waals surface area contributed by atoms with Gasteiger partial charge in [0.1, 0.15) is 0 Å². The first-order chi connectivity index (χ1) is 4.89. The average molecular weight is 178 g/mol. The summed E-state index contributed by atoms with van der Waals surface area (Å²) in [6.45, 7) is 8.11. The molecule has 0 bridgehead atoms. The first-order valence-electron chi connectivity index (χ1n) is 4.12. The van der Waals surface area contributed by atoms with Crippen molar-refractivity contribution in [3.63, 3.8) is 0 Å². The molecular weight excluding hydrogens is 159 g/mol. The lowest BCUT2D eigenvalue weighted by Gasteiger charge is -2.27. The Hall–Kier alpha value is 0.190. The molecule has 0 heterocycles. The summed E-state index contributed by atoms with van der Waals surface area (Å²) in [6.07, 6.45) is 1.84. The zero-order valence-corrected chi connectivity index (χ0v) is 8.85. The third-order valence-electron chi connectivity index (χ3n) is 1.92. The van der Waals surface area contributed by atoms with Crippen molar-refractivity contribution in [1.82, 2.24) is 0 Å². The number of hydrogen-bond donors (Lipinski definition) is 1. The lowest BCUT2D eigenvalue weighted by molar-refractivity contribution is 0.344. The molecule has 3 heteroatoms. The van der Waals surface area contributed by atoms with Crippen LogP contribution in [0.15, 0.2) is 0 Å². The lowest BCUT2D eigenvalue weighted by atomic mass is 9.89. The SMILES string of the molecule is CCCC([PH](=O)O)C(C)(C)C. The molecule has 0 saturated carbocycles. The van der Waals surface area contributed by atoms with Crippen molar-refractivity contribution >= 4 is 8.03 Å². The van der Waals surface area contributed by atoms with Gasteiger partial charge in [0.15, 0.2) is 8.03 Å². The maximum Gasteiger partial charge on any atom is 0.192 e. The second kappa shape index (κ2) is 4.27. The van der Waals surface area contributed by atoms with Crippen LogP contribution in [-0.4, -0.2) is 10.6 Å². The molecule has 0 aromatic rings. The molecule has 68 valence electrons. The fraction of sp³-hybridized carbons (Fsp3) is 1.00. The van der Waals surface area contributed by atoms with E-state index in [0.29, 0.717) is 0 Å². The highest BCUT2D eigenvalue weighted by molar-refractivity contribution is 7.39. The van der Waals surface area contributed by atoms with Crippen molar-refractivity contribution in [2.75, 3.05) is 0 Å². The smallest absolute Gasteiger partial charge is 0.192 e. The molecule has 0 aromatic heterocycles. The Morgan fingerprint density at radius 3 is 2.00 bits per heavy atom. The molecule has 0 aliphatic carbocycles. The van der Waals surface area contributed by atoms with E-state index in [1.807, 2.05) is 27.7 Å². The minimum atomic E-state index is -2.34. The maximum atomic E-state index is 10.9. The van der Waals surface area contributed by atoms with E-state index in [9.17, 15) is 4.57 Å².